The second-order valence-corrected chi connectivity index (χ2v) is 3.98. The molecule has 0 spiro atoms. The van der Waals surface area contributed by atoms with E-state index in [0.29, 0.717) is 12.6 Å². The Morgan fingerprint density at radius 2 is 2.43 bits per heavy atom. The number of hydrogen-bond acceptors (Lipinski definition) is 4. The van der Waals surface area contributed by atoms with Crippen LogP contribution in [0.3, 0.4) is 0 Å². The molecule has 2 saturated heterocycles. The van der Waals surface area contributed by atoms with E-state index in [-0.39, 0.29) is 6.10 Å². The molecule has 0 saturated carbocycles. The molecular formula is C10H17N3O. The molecule has 0 aromatic carbocycles. The third-order valence-electron chi connectivity index (χ3n) is 3.03. The second kappa shape index (κ2) is 4.74. The Balaban J connectivity index is 1.87. The summed E-state index contributed by atoms with van der Waals surface area (Å²) in [5.41, 5.74) is 0. The summed E-state index contributed by atoms with van der Waals surface area (Å²) in [6.07, 6.45) is 2.29. The number of nitrogens with zero attached hydrogens (tertiary/aromatic N) is 2. The third-order valence-corrected chi connectivity index (χ3v) is 3.03. The SMILES string of the molecule is N#CC1CN(C2CCCNC2)CCO1. The molecule has 2 heterocycles. The van der Waals surface area contributed by atoms with E-state index in [1.807, 2.05) is 0 Å². The van der Waals surface area contributed by atoms with Gasteiger partial charge in [-0.1, -0.05) is 0 Å². The Morgan fingerprint density at radius 3 is 3.14 bits per heavy atom. The molecule has 2 aliphatic heterocycles. The van der Waals surface area contributed by atoms with Crippen LogP contribution in [0.25, 0.3) is 0 Å². The average Bonchev–Trinajstić information content (AvgIpc) is 2.30. The van der Waals surface area contributed by atoms with Gasteiger partial charge in [0, 0.05) is 25.7 Å². The van der Waals surface area contributed by atoms with Crippen LogP contribution in [0.5, 0.6) is 0 Å². The molecule has 14 heavy (non-hydrogen) atoms. The van der Waals surface area contributed by atoms with Gasteiger partial charge in [0.15, 0.2) is 6.10 Å². The summed E-state index contributed by atoms with van der Waals surface area (Å²) in [6, 6.07) is 2.80. The molecule has 78 valence electrons. The largest absolute Gasteiger partial charge is 0.361 e. The zero-order valence-electron chi connectivity index (χ0n) is 8.41. The van der Waals surface area contributed by atoms with Gasteiger partial charge in [0.1, 0.15) is 0 Å². The summed E-state index contributed by atoms with van der Waals surface area (Å²) in [4.78, 5) is 2.39. The molecule has 0 aromatic heterocycles. The lowest BCUT2D eigenvalue weighted by Crippen LogP contribution is -2.52. The molecule has 1 N–H and O–H groups in total. The highest BCUT2D eigenvalue weighted by molar-refractivity contribution is 4.92. The highest BCUT2D eigenvalue weighted by atomic mass is 16.5. The van der Waals surface area contributed by atoms with Gasteiger partial charge in [-0.2, -0.15) is 5.26 Å². The molecule has 2 aliphatic rings. The molecule has 2 atom stereocenters. The quantitative estimate of drug-likeness (QED) is 0.638. The minimum Gasteiger partial charge on any atom is -0.361 e. The van der Waals surface area contributed by atoms with Crippen molar-refractivity contribution in [1.82, 2.24) is 10.2 Å². The zero-order valence-corrected chi connectivity index (χ0v) is 8.41. The van der Waals surface area contributed by atoms with E-state index in [0.717, 1.165) is 26.2 Å². The molecule has 0 aromatic rings. The maximum atomic E-state index is 8.79. The van der Waals surface area contributed by atoms with Crippen molar-refractivity contribution in [2.45, 2.75) is 25.0 Å². The second-order valence-electron chi connectivity index (χ2n) is 3.98. The summed E-state index contributed by atoms with van der Waals surface area (Å²) >= 11 is 0. The van der Waals surface area contributed by atoms with Gasteiger partial charge in [0.2, 0.25) is 0 Å². The summed E-state index contributed by atoms with van der Waals surface area (Å²) < 4.78 is 5.32. The normalized spacial score (nSPS) is 35.1. The van der Waals surface area contributed by atoms with E-state index in [9.17, 15) is 0 Å². The number of rotatable bonds is 1. The first-order chi connectivity index (χ1) is 6.90. The van der Waals surface area contributed by atoms with Crippen LogP contribution in [-0.2, 0) is 4.74 Å². The molecule has 2 unspecified atom stereocenters. The van der Waals surface area contributed by atoms with Crippen molar-refractivity contribution in [2.75, 3.05) is 32.8 Å². The van der Waals surface area contributed by atoms with E-state index < -0.39 is 0 Å². The average molecular weight is 195 g/mol. The first kappa shape index (κ1) is 9.91. The number of piperidine rings is 1. The highest BCUT2D eigenvalue weighted by Crippen LogP contribution is 2.14. The Bertz CT molecular complexity index is 220. The van der Waals surface area contributed by atoms with Gasteiger partial charge >= 0.3 is 0 Å². The van der Waals surface area contributed by atoms with Crippen molar-refractivity contribution in [3.05, 3.63) is 0 Å². The molecule has 4 heteroatoms. The summed E-state index contributed by atoms with van der Waals surface area (Å²) in [5, 5.41) is 12.2. The molecule has 0 aliphatic carbocycles. The monoisotopic (exact) mass is 195 g/mol. The minimum atomic E-state index is -0.217. The van der Waals surface area contributed by atoms with Crippen LogP contribution >= 0.6 is 0 Å². The fourth-order valence-corrected chi connectivity index (χ4v) is 2.22. The Hall–Kier alpha value is -0.630. The zero-order chi connectivity index (χ0) is 9.80. The fraction of sp³-hybridized carbons (Fsp3) is 0.900. The standard InChI is InChI=1S/C10H17N3O/c11-6-10-8-13(4-5-14-10)9-2-1-3-12-7-9/h9-10,12H,1-5,7-8H2. The lowest BCUT2D eigenvalue weighted by atomic mass is 10.0. The minimum absolute atomic E-state index is 0.217. The number of ether oxygens (including phenoxy) is 1. The molecule has 2 fully saturated rings. The van der Waals surface area contributed by atoms with Crippen molar-refractivity contribution in [3.63, 3.8) is 0 Å². The molecule has 2 rings (SSSR count). The van der Waals surface area contributed by atoms with Crippen molar-refractivity contribution < 1.29 is 4.74 Å². The van der Waals surface area contributed by atoms with E-state index >= 15 is 0 Å². The van der Waals surface area contributed by atoms with E-state index in [1.54, 1.807) is 0 Å². The first-order valence-corrected chi connectivity index (χ1v) is 5.36. The smallest absolute Gasteiger partial charge is 0.156 e. The van der Waals surface area contributed by atoms with Gasteiger partial charge in [0.05, 0.1) is 12.7 Å². The maximum absolute atomic E-state index is 8.79. The van der Waals surface area contributed by atoms with E-state index in [4.69, 9.17) is 10.00 Å². The highest BCUT2D eigenvalue weighted by Gasteiger charge is 2.26. The lowest BCUT2D eigenvalue weighted by molar-refractivity contribution is -0.0206. The molecule has 0 radical (unpaired) electrons. The number of nitriles is 1. The summed E-state index contributed by atoms with van der Waals surface area (Å²) in [5.74, 6) is 0. The first-order valence-electron chi connectivity index (χ1n) is 5.36. The van der Waals surface area contributed by atoms with Crippen LogP contribution in [0.4, 0.5) is 0 Å². The van der Waals surface area contributed by atoms with Gasteiger partial charge in [-0.25, -0.2) is 0 Å². The van der Waals surface area contributed by atoms with Crippen molar-refractivity contribution in [2.24, 2.45) is 0 Å². The number of hydrogen-bond donors (Lipinski definition) is 1. The van der Waals surface area contributed by atoms with E-state index in [1.165, 1.54) is 12.8 Å². The number of morpholine rings is 1. The predicted molar refractivity (Wildman–Crippen MR) is 52.8 cm³/mol. The Labute approximate surface area is 84.8 Å². The van der Waals surface area contributed by atoms with Gasteiger partial charge in [0.25, 0.3) is 0 Å². The fourth-order valence-electron chi connectivity index (χ4n) is 2.22. The Morgan fingerprint density at radius 1 is 1.50 bits per heavy atom. The predicted octanol–water partition coefficient (Wildman–Crippen LogP) is -0.0372. The third kappa shape index (κ3) is 2.24. The van der Waals surface area contributed by atoms with Gasteiger partial charge < -0.3 is 10.1 Å². The van der Waals surface area contributed by atoms with E-state index in [2.05, 4.69) is 16.3 Å². The van der Waals surface area contributed by atoms with Crippen LogP contribution < -0.4 is 5.32 Å². The van der Waals surface area contributed by atoms with Crippen LogP contribution in [0.2, 0.25) is 0 Å². The van der Waals surface area contributed by atoms with Gasteiger partial charge in [-0.05, 0) is 19.4 Å². The van der Waals surface area contributed by atoms with Crippen molar-refractivity contribution >= 4 is 0 Å². The van der Waals surface area contributed by atoms with Gasteiger partial charge in [-0.15, -0.1) is 0 Å². The van der Waals surface area contributed by atoms with Crippen molar-refractivity contribution in [3.8, 4) is 6.07 Å². The molecule has 0 bridgehead atoms. The lowest BCUT2D eigenvalue weighted by Gasteiger charge is -2.38. The van der Waals surface area contributed by atoms with Crippen LogP contribution in [0.15, 0.2) is 0 Å². The Kier molecular flexibility index (Phi) is 3.35. The summed E-state index contributed by atoms with van der Waals surface area (Å²) in [7, 11) is 0. The molecule has 4 nitrogen and oxygen atoms in total. The topological polar surface area (TPSA) is 48.3 Å². The summed E-state index contributed by atoms with van der Waals surface area (Å²) in [6.45, 7) is 4.67. The van der Waals surface area contributed by atoms with Crippen LogP contribution in [0, 0.1) is 11.3 Å². The van der Waals surface area contributed by atoms with Crippen LogP contribution in [0.1, 0.15) is 12.8 Å². The molecule has 0 amide bonds. The van der Waals surface area contributed by atoms with Crippen LogP contribution in [-0.4, -0.2) is 49.8 Å². The van der Waals surface area contributed by atoms with Gasteiger partial charge in [-0.3, -0.25) is 4.90 Å². The molecular weight excluding hydrogens is 178 g/mol. The maximum Gasteiger partial charge on any atom is 0.156 e. The number of nitrogens with one attached hydrogen (secondary N) is 1. The van der Waals surface area contributed by atoms with Crippen molar-refractivity contribution in [1.29, 1.82) is 5.26 Å².